The summed E-state index contributed by atoms with van der Waals surface area (Å²) in [5, 5.41) is 0. The maximum atomic E-state index is 5.82. The fraction of sp³-hybridized carbons (Fsp3) is 0.750. The molecule has 1 atom stereocenters. The largest absolute Gasteiger partial charge is 0.384 e. The van der Waals surface area contributed by atoms with Crippen LogP contribution in [0.2, 0.25) is 0 Å². The van der Waals surface area contributed by atoms with Gasteiger partial charge in [-0.15, -0.1) is 0 Å². The lowest BCUT2D eigenvalue weighted by molar-refractivity contribution is 0.178. The van der Waals surface area contributed by atoms with E-state index in [1.54, 1.807) is 0 Å². The minimum Gasteiger partial charge on any atom is -0.384 e. The zero-order valence-electron chi connectivity index (χ0n) is 14.8. The molecule has 1 saturated carbocycles. The summed E-state index contributed by atoms with van der Waals surface area (Å²) < 4.78 is 0. The first-order valence-corrected chi connectivity index (χ1v) is 9.74. The predicted octanol–water partition coefficient (Wildman–Crippen LogP) is 4.20. The van der Waals surface area contributed by atoms with Crippen LogP contribution in [0.4, 0.5) is 5.82 Å². The summed E-state index contributed by atoms with van der Waals surface area (Å²) in [6.45, 7) is 4.76. The predicted molar refractivity (Wildman–Crippen MR) is 97.5 cm³/mol. The Morgan fingerprint density at radius 1 is 1.17 bits per heavy atom. The van der Waals surface area contributed by atoms with Gasteiger partial charge >= 0.3 is 0 Å². The Labute approximate surface area is 141 Å². The van der Waals surface area contributed by atoms with Crippen LogP contribution < -0.4 is 5.73 Å². The molecular formula is C20H33N3. The highest BCUT2D eigenvalue weighted by molar-refractivity contribution is 5.36. The van der Waals surface area contributed by atoms with E-state index in [0.717, 1.165) is 18.8 Å². The van der Waals surface area contributed by atoms with E-state index in [1.165, 1.54) is 75.7 Å². The van der Waals surface area contributed by atoms with Crippen molar-refractivity contribution in [3.63, 3.8) is 0 Å². The van der Waals surface area contributed by atoms with Crippen LogP contribution in [0.25, 0.3) is 0 Å². The Balaban J connectivity index is 1.49. The number of fused-ring (bicyclic) bond motifs is 1. The molecule has 0 aromatic carbocycles. The quantitative estimate of drug-likeness (QED) is 0.855. The van der Waals surface area contributed by atoms with Gasteiger partial charge in [-0.1, -0.05) is 45.1 Å². The molecule has 0 bridgehead atoms. The second kappa shape index (κ2) is 8.14. The maximum absolute atomic E-state index is 5.82. The second-order valence-electron chi connectivity index (χ2n) is 7.51. The summed E-state index contributed by atoms with van der Waals surface area (Å²) in [5.41, 5.74) is 8.47. The van der Waals surface area contributed by atoms with Crippen molar-refractivity contribution in [1.82, 2.24) is 9.88 Å². The summed E-state index contributed by atoms with van der Waals surface area (Å²) in [5.74, 6) is 1.68. The Hall–Kier alpha value is -1.09. The number of likely N-dealkylation sites (N-methyl/N-ethyl adjacent to an activating group) is 1. The fourth-order valence-corrected chi connectivity index (χ4v) is 4.58. The molecule has 3 heteroatoms. The van der Waals surface area contributed by atoms with E-state index >= 15 is 0 Å². The van der Waals surface area contributed by atoms with Crippen LogP contribution in [0.15, 0.2) is 12.1 Å². The number of aryl methyl sites for hydroxylation is 1. The molecule has 3 rings (SSSR count). The molecule has 0 amide bonds. The van der Waals surface area contributed by atoms with Gasteiger partial charge in [-0.3, -0.25) is 0 Å². The average Bonchev–Trinajstić information content (AvgIpc) is 2.59. The molecule has 1 aromatic heterocycles. The van der Waals surface area contributed by atoms with Crippen LogP contribution in [-0.2, 0) is 12.8 Å². The van der Waals surface area contributed by atoms with E-state index in [4.69, 9.17) is 5.73 Å². The Kier molecular flexibility index (Phi) is 5.93. The lowest BCUT2D eigenvalue weighted by Gasteiger charge is -2.34. The Bertz CT molecular complexity index is 494. The summed E-state index contributed by atoms with van der Waals surface area (Å²) in [6, 6.07) is 4.85. The third-order valence-corrected chi connectivity index (χ3v) is 5.96. The number of aromatic nitrogens is 1. The summed E-state index contributed by atoms with van der Waals surface area (Å²) in [4.78, 5) is 7.23. The van der Waals surface area contributed by atoms with E-state index in [9.17, 15) is 0 Å². The normalized spacial score (nSPS) is 22.3. The molecule has 0 spiro atoms. The van der Waals surface area contributed by atoms with Crippen LogP contribution in [0.5, 0.6) is 0 Å². The third kappa shape index (κ3) is 4.47. The van der Waals surface area contributed by atoms with Crippen molar-refractivity contribution < 1.29 is 0 Å². The molecule has 1 heterocycles. The van der Waals surface area contributed by atoms with Gasteiger partial charge < -0.3 is 10.6 Å². The average molecular weight is 316 g/mol. The van der Waals surface area contributed by atoms with Gasteiger partial charge in [-0.2, -0.15) is 0 Å². The molecule has 2 N–H and O–H groups in total. The zero-order valence-corrected chi connectivity index (χ0v) is 14.8. The molecule has 1 unspecified atom stereocenters. The van der Waals surface area contributed by atoms with Crippen molar-refractivity contribution >= 4 is 5.82 Å². The van der Waals surface area contributed by atoms with Crippen molar-refractivity contribution in [2.45, 2.75) is 77.2 Å². The minimum atomic E-state index is 0.669. The first kappa shape index (κ1) is 16.8. The zero-order chi connectivity index (χ0) is 16.1. The van der Waals surface area contributed by atoms with Crippen molar-refractivity contribution in [3.05, 3.63) is 23.4 Å². The van der Waals surface area contributed by atoms with Crippen molar-refractivity contribution in [1.29, 1.82) is 0 Å². The molecule has 128 valence electrons. The molecule has 1 fully saturated rings. The second-order valence-corrected chi connectivity index (χ2v) is 7.51. The number of anilines is 1. The van der Waals surface area contributed by atoms with Gasteiger partial charge in [0.05, 0.1) is 0 Å². The molecule has 1 aromatic rings. The van der Waals surface area contributed by atoms with Crippen LogP contribution >= 0.6 is 0 Å². The number of nitrogens with zero attached hydrogens (tertiary/aromatic N) is 2. The standard InChI is InChI=1S/C20H33N3/c1-2-23(14-6-9-16-7-4-3-5-8-16)18-11-12-19-17(15-18)10-13-20(21)22-19/h10,13,16,18H,2-9,11-12,14-15H2,1H3,(H2,21,22). The van der Waals surface area contributed by atoms with Gasteiger partial charge in [-0.05, 0) is 62.7 Å². The van der Waals surface area contributed by atoms with Crippen LogP contribution in [-0.4, -0.2) is 29.0 Å². The lowest BCUT2D eigenvalue weighted by Crippen LogP contribution is -2.40. The lowest BCUT2D eigenvalue weighted by atomic mass is 9.86. The van der Waals surface area contributed by atoms with Gasteiger partial charge in [0.15, 0.2) is 0 Å². The smallest absolute Gasteiger partial charge is 0.123 e. The number of nitrogen functional groups attached to an aromatic ring is 1. The number of rotatable bonds is 6. The monoisotopic (exact) mass is 315 g/mol. The van der Waals surface area contributed by atoms with Gasteiger partial charge in [0, 0.05) is 11.7 Å². The molecule has 0 radical (unpaired) electrons. The minimum absolute atomic E-state index is 0.669. The highest BCUT2D eigenvalue weighted by Crippen LogP contribution is 2.28. The van der Waals surface area contributed by atoms with Crippen molar-refractivity contribution in [2.75, 3.05) is 18.8 Å². The SMILES string of the molecule is CCN(CCCC1CCCCC1)C1CCc2nc(N)ccc2C1. The topological polar surface area (TPSA) is 42.2 Å². The summed E-state index contributed by atoms with van der Waals surface area (Å²) in [7, 11) is 0. The van der Waals surface area contributed by atoms with Crippen LogP contribution in [0, 0.1) is 5.92 Å². The van der Waals surface area contributed by atoms with Crippen LogP contribution in [0.1, 0.15) is 69.5 Å². The van der Waals surface area contributed by atoms with Crippen molar-refractivity contribution in [2.24, 2.45) is 5.92 Å². The molecule has 0 saturated heterocycles. The maximum Gasteiger partial charge on any atom is 0.123 e. The van der Waals surface area contributed by atoms with Gasteiger partial charge in [0.2, 0.25) is 0 Å². The molecule has 0 aliphatic heterocycles. The van der Waals surface area contributed by atoms with Gasteiger partial charge in [-0.25, -0.2) is 4.98 Å². The summed E-state index contributed by atoms with van der Waals surface area (Å²) in [6.07, 6.45) is 13.7. The molecule has 2 aliphatic carbocycles. The molecule has 3 nitrogen and oxygen atoms in total. The van der Waals surface area contributed by atoms with Gasteiger partial charge in [0.1, 0.15) is 5.82 Å². The van der Waals surface area contributed by atoms with Crippen LogP contribution in [0.3, 0.4) is 0 Å². The number of pyridine rings is 1. The summed E-state index contributed by atoms with van der Waals surface area (Å²) >= 11 is 0. The van der Waals surface area contributed by atoms with E-state index in [-0.39, 0.29) is 0 Å². The number of hydrogen-bond donors (Lipinski definition) is 1. The van der Waals surface area contributed by atoms with E-state index in [1.807, 2.05) is 6.07 Å². The molecular weight excluding hydrogens is 282 g/mol. The fourth-order valence-electron chi connectivity index (χ4n) is 4.58. The highest BCUT2D eigenvalue weighted by Gasteiger charge is 2.24. The van der Waals surface area contributed by atoms with Crippen molar-refractivity contribution in [3.8, 4) is 0 Å². The Morgan fingerprint density at radius 3 is 2.78 bits per heavy atom. The van der Waals surface area contributed by atoms with E-state index < -0.39 is 0 Å². The highest BCUT2D eigenvalue weighted by atomic mass is 15.1. The first-order valence-electron chi connectivity index (χ1n) is 9.74. The number of hydrogen-bond acceptors (Lipinski definition) is 3. The van der Waals surface area contributed by atoms with E-state index in [2.05, 4.69) is 22.9 Å². The molecule has 23 heavy (non-hydrogen) atoms. The van der Waals surface area contributed by atoms with Gasteiger partial charge in [0.25, 0.3) is 0 Å². The Morgan fingerprint density at radius 2 is 2.00 bits per heavy atom. The number of nitrogens with two attached hydrogens (primary N) is 1. The molecule has 2 aliphatic rings. The van der Waals surface area contributed by atoms with E-state index in [0.29, 0.717) is 11.9 Å². The third-order valence-electron chi connectivity index (χ3n) is 5.96. The first-order chi connectivity index (χ1) is 11.3.